The molecule has 27 heavy (non-hydrogen) atoms. The van der Waals surface area contributed by atoms with Crippen LogP contribution in [0.15, 0.2) is 47.4 Å². The van der Waals surface area contributed by atoms with E-state index in [2.05, 4.69) is 26.1 Å². The predicted octanol–water partition coefficient (Wildman–Crippen LogP) is 3.75. The van der Waals surface area contributed by atoms with E-state index in [-0.39, 0.29) is 15.5 Å². The molecule has 3 rings (SSSR count). The molecular weight excluding hydrogens is 380 g/mol. The zero-order valence-corrected chi connectivity index (χ0v) is 17.6. The molecule has 144 valence electrons. The summed E-state index contributed by atoms with van der Waals surface area (Å²) in [6.07, 6.45) is 0. The maximum Gasteiger partial charge on any atom is 0.264 e. The highest BCUT2D eigenvalue weighted by atomic mass is 32.2. The number of hydrogen-bond donors (Lipinski definition) is 1. The quantitative estimate of drug-likeness (QED) is 0.788. The Hall–Kier alpha value is -1.99. The molecule has 0 aliphatic carbocycles. The van der Waals surface area contributed by atoms with Crippen LogP contribution in [0.25, 0.3) is 11.1 Å². The van der Waals surface area contributed by atoms with Crippen LogP contribution < -0.4 is 9.62 Å². The van der Waals surface area contributed by atoms with Crippen molar-refractivity contribution >= 4 is 33.4 Å². The fourth-order valence-corrected chi connectivity index (χ4v) is 5.22. The van der Waals surface area contributed by atoms with Gasteiger partial charge in [-0.3, -0.25) is 9.10 Å². The lowest BCUT2D eigenvalue weighted by molar-refractivity contribution is 0.0956. The Morgan fingerprint density at radius 3 is 2.52 bits per heavy atom. The summed E-state index contributed by atoms with van der Waals surface area (Å²) in [4.78, 5) is 12.8. The number of hydrogen-bond acceptors (Lipinski definition) is 4. The van der Waals surface area contributed by atoms with Crippen LogP contribution >= 0.6 is 11.8 Å². The monoisotopic (exact) mass is 404 g/mol. The molecule has 0 bridgehead atoms. The van der Waals surface area contributed by atoms with Crippen LogP contribution in [-0.4, -0.2) is 38.4 Å². The van der Waals surface area contributed by atoms with Crippen molar-refractivity contribution in [3.8, 4) is 11.1 Å². The average Bonchev–Trinajstić information content (AvgIpc) is 2.62. The number of carbonyl (C=O) groups is 1. The van der Waals surface area contributed by atoms with Gasteiger partial charge >= 0.3 is 0 Å². The van der Waals surface area contributed by atoms with Gasteiger partial charge in [0.2, 0.25) is 0 Å². The smallest absolute Gasteiger partial charge is 0.264 e. The van der Waals surface area contributed by atoms with Crippen molar-refractivity contribution in [2.75, 3.05) is 23.7 Å². The molecule has 1 N–H and O–H groups in total. The van der Waals surface area contributed by atoms with Crippen LogP contribution in [0.5, 0.6) is 0 Å². The molecule has 1 amide bonds. The third-order valence-corrected chi connectivity index (χ3v) is 7.44. The van der Waals surface area contributed by atoms with Gasteiger partial charge in [0.15, 0.2) is 0 Å². The zero-order valence-electron chi connectivity index (χ0n) is 15.9. The summed E-state index contributed by atoms with van der Waals surface area (Å²) < 4.78 is 26.8. The summed E-state index contributed by atoms with van der Waals surface area (Å²) >= 11 is 1.80. The lowest BCUT2D eigenvalue weighted by Crippen LogP contribution is -2.31. The number of nitrogens with zero attached hydrogens (tertiary/aromatic N) is 1. The fourth-order valence-electron chi connectivity index (χ4n) is 2.98. The molecule has 1 aliphatic rings. The van der Waals surface area contributed by atoms with E-state index in [4.69, 9.17) is 0 Å². The minimum absolute atomic E-state index is 0.152. The highest BCUT2D eigenvalue weighted by Gasteiger charge is 2.32. The summed E-state index contributed by atoms with van der Waals surface area (Å²) in [6.45, 7) is 7.02. The summed E-state index contributed by atoms with van der Waals surface area (Å²) in [7, 11) is -2.03. The van der Waals surface area contributed by atoms with Gasteiger partial charge < -0.3 is 5.32 Å². The van der Waals surface area contributed by atoms with Crippen LogP contribution in [0.3, 0.4) is 0 Å². The second-order valence-electron chi connectivity index (χ2n) is 7.42. The summed E-state index contributed by atoms with van der Waals surface area (Å²) in [5.41, 5.74) is 2.48. The molecule has 0 spiro atoms. The van der Waals surface area contributed by atoms with E-state index in [0.717, 1.165) is 11.3 Å². The summed E-state index contributed by atoms with van der Waals surface area (Å²) in [5.74, 6) is 0.685. The lowest BCUT2D eigenvalue weighted by atomic mass is 10.00. The third-order valence-electron chi connectivity index (χ3n) is 4.34. The van der Waals surface area contributed by atoms with Crippen molar-refractivity contribution in [1.82, 2.24) is 5.32 Å². The average molecular weight is 405 g/mol. The lowest BCUT2D eigenvalue weighted by Gasteiger charge is -2.29. The largest absolute Gasteiger partial charge is 0.351 e. The number of benzene rings is 2. The second-order valence-corrected chi connectivity index (χ2v) is 11.3. The first-order valence-corrected chi connectivity index (χ1v) is 11.2. The molecule has 2 aromatic carbocycles. The molecule has 0 radical (unpaired) electrons. The first-order chi connectivity index (χ1) is 12.6. The molecule has 0 saturated carbocycles. The van der Waals surface area contributed by atoms with Gasteiger partial charge in [-0.25, -0.2) is 8.42 Å². The van der Waals surface area contributed by atoms with Gasteiger partial charge in [-0.2, -0.15) is 11.8 Å². The van der Waals surface area contributed by atoms with Crippen molar-refractivity contribution in [2.45, 2.75) is 30.4 Å². The van der Waals surface area contributed by atoms with Crippen molar-refractivity contribution in [3.05, 3.63) is 48.0 Å². The van der Waals surface area contributed by atoms with Gasteiger partial charge in [-0.1, -0.05) is 39.0 Å². The van der Waals surface area contributed by atoms with E-state index in [0.29, 0.717) is 23.4 Å². The number of rotatable bonds is 4. The maximum atomic E-state index is 12.7. The molecule has 0 unspecified atom stereocenters. The van der Waals surface area contributed by atoms with Gasteiger partial charge in [0.1, 0.15) is 0 Å². The van der Waals surface area contributed by atoms with Gasteiger partial charge in [0, 0.05) is 40.8 Å². The number of nitrogens with one attached hydrogen (secondary N) is 1. The van der Waals surface area contributed by atoms with Crippen LogP contribution in [0, 0.1) is 0 Å². The molecule has 0 atom stereocenters. The number of thioether (sulfide) groups is 1. The van der Waals surface area contributed by atoms with E-state index < -0.39 is 10.0 Å². The van der Waals surface area contributed by atoms with Crippen molar-refractivity contribution in [3.63, 3.8) is 0 Å². The topological polar surface area (TPSA) is 66.5 Å². The SMILES string of the molecule is CN1c2ccc(C(=O)NCCSC(C)(C)C)cc2-c2ccccc2S1(=O)=O. The first-order valence-electron chi connectivity index (χ1n) is 8.76. The Balaban J connectivity index is 1.86. The maximum absolute atomic E-state index is 12.7. The Morgan fingerprint density at radius 1 is 1.11 bits per heavy atom. The molecule has 0 saturated heterocycles. The normalized spacial score (nSPS) is 15.0. The van der Waals surface area contributed by atoms with Crippen LogP contribution in [-0.2, 0) is 10.0 Å². The molecule has 0 fully saturated rings. The number of carbonyl (C=O) groups excluding carboxylic acids is 1. The number of sulfonamides is 1. The molecule has 1 heterocycles. The molecule has 2 aromatic rings. The minimum atomic E-state index is -3.57. The van der Waals surface area contributed by atoms with Crippen LogP contribution in [0.1, 0.15) is 31.1 Å². The Kier molecular flexibility index (Phi) is 5.27. The predicted molar refractivity (Wildman–Crippen MR) is 112 cm³/mol. The molecular formula is C20H24N2O3S2. The highest BCUT2D eigenvalue weighted by Crippen LogP contribution is 2.42. The van der Waals surface area contributed by atoms with Crippen LogP contribution in [0.4, 0.5) is 5.69 Å². The van der Waals surface area contributed by atoms with Crippen molar-refractivity contribution in [2.24, 2.45) is 0 Å². The standard InChI is InChI=1S/C20H24N2O3S2/c1-20(2,3)26-12-11-21-19(23)14-9-10-17-16(13-14)15-7-5-6-8-18(15)27(24,25)22(17)4/h5-10,13H,11-12H2,1-4H3,(H,21,23). The fraction of sp³-hybridized carbons (Fsp3) is 0.350. The molecule has 1 aliphatic heterocycles. The Morgan fingerprint density at radius 2 is 1.81 bits per heavy atom. The number of fused-ring (bicyclic) bond motifs is 3. The van der Waals surface area contributed by atoms with Crippen molar-refractivity contribution in [1.29, 1.82) is 0 Å². The molecule has 7 heteroatoms. The van der Waals surface area contributed by atoms with E-state index in [1.54, 1.807) is 54.2 Å². The van der Waals surface area contributed by atoms with Gasteiger partial charge in [0.05, 0.1) is 10.6 Å². The Bertz CT molecular complexity index is 979. The summed E-state index contributed by atoms with van der Waals surface area (Å²) in [6, 6.07) is 12.0. The van der Waals surface area contributed by atoms with Crippen LogP contribution in [0.2, 0.25) is 0 Å². The Labute approximate surface area is 165 Å². The molecule has 5 nitrogen and oxygen atoms in total. The number of amides is 1. The number of anilines is 1. The zero-order chi connectivity index (χ0) is 19.8. The first kappa shape index (κ1) is 19.8. The second kappa shape index (κ2) is 7.20. The highest BCUT2D eigenvalue weighted by molar-refractivity contribution is 8.00. The van der Waals surface area contributed by atoms with Crippen molar-refractivity contribution < 1.29 is 13.2 Å². The third kappa shape index (κ3) is 3.99. The van der Waals surface area contributed by atoms with Gasteiger partial charge in [-0.15, -0.1) is 0 Å². The van der Waals surface area contributed by atoms with E-state index in [1.807, 2.05) is 0 Å². The summed E-state index contributed by atoms with van der Waals surface area (Å²) in [5, 5.41) is 2.94. The van der Waals surface area contributed by atoms with Gasteiger partial charge in [0.25, 0.3) is 15.9 Å². The van der Waals surface area contributed by atoms with E-state index in [1.165, 1.54) is 11.4 Å². The van der Waals surface area contributed by atoms with E-state index >= 15 is 0 Å². The minimum Gasteiger partial charge on any atom is -0.351 e. The van der Waals surface area contributed by atoms with E-state index in [9.17, 15) is 13.2 Å². The van der Waals surface area contributed by atoms with Gasteiger partial charge in [-0.05, 0) is 24.3 Å². The molecule has 0 aromatic heterocycles.